The summed E-state index contributed by atoms with van der Waals surface area (Å²) in [6, 6.07) is 4.03. The Morgan fingerprint density at radius 2 is 1.82 bits per heavy atom. The molecule has 0 aliphatic carbocycles. The first-order valence-corrected chi connectivity index (χ1v) is 26.5. The molecule has 4 atom stereocenters. The molecule has 10 rings (SSSR count). The van der Waals surface area contributed by atoms with E-state index in [9.17, 15) is 24.0 Å². The van der Waals surface area contributed by atoms with Gasteiger partial charge in [-0.05, 0) is 93.5 Å². The van der Waals surface area contributed by atoms with Gasteiger partial charge in [-0.1, -0.05) is 33.6 Å². The van der Waals surface area contributed by atoms with Crippen LogP contribution in [0.1, 0.15) is 95.2 Å². The van der Waals surface area contributed by atoms with E-state index in [2.05, 4.69) is 64.1 Å². The summed E-state index contributed by atoms with van der Waals surface area (Å²) >= 11 is 1.44. The van der Waals surface area contributed by atoms with Crippen LogP contribution in [0.25, 0.3) is 33.4 Å². The lowest BCUT2D eigenvalue weighted by Gasteiger charge is -2.46. The normalized spacial score (nSPS) is 22.8. The summed E-state index contributed by atoms with van der Waals surface area (Å²) in [4.78, 5) is 86.1. The van der Waals surface area contributed by atoms with Crippen molar-refractivity contribution in [2.45, 2.75) is 117 Å². The maximum atomic E-state index is 14.8. The van der Waals surface area contributed by atoms with Crippen LogP contribution in [0.2, 0.25) is 0 Å². The summed E-state index contributed by atoms with van der Waals surface area (Å²) in [5.74, 6) is 3.12. The number of hydrazine groups is 1. The number of esters is 1. The lowest BCUT2D eigenvalue weighted by molar-refractivity contribution is -0.155. The highest BCUT2D eigenvalue weighted by molar-refractivity contribution is 7.10. The first-order chi connectivity index (χ1) is 34.6. The monoisotopic (exact) mass is 1000 g/mol. The molecule has 6 aliphatic rings. The number of pyridine rings is 1. The van der Waals surface area contributed by atoms with E-state index in [0.29, 0.717) is 57.0 Å². The number of methoxy groups -OCH3 is 1. The minimum absolute atomic E-state index is 0.0861. The van der Waals surface area contributed by atoms with Crippen molar-refractivity contribution in [1.82, 2.24) is 40.1 Å². The van der Waals surface area contributed by atoms with Gasteiger partial charge in [0.05, 0.1) is 70.8 Å². The van der Waals surface area contributed by atoms with Gasteiger partial charge in [0.2, 0.25) is 11.8 Å². The van der Waals surface area contributed by atoms with Crippen LogP contribution in [0, 0.1) is 28.6 Å². The van der Waals surface area contributed by atoms with Crippen molar-refractivity contribution < 1.29 is 38.2 Å². The lowest BCUT2D eigenvalue weighted by Crippen LogP contribution is -2.64. The average Bonchev–Trinajstić information content (AvgIpc) is 4.06. The third kappa shape index (κ3) is 9.26. The number of hydrogen-bond acceptors (Lipinski definition) is 13. The van der Waals surface area contributed by atoms with E-state index in [4.69, 9.17) is 24.2 Å². The van der Waals surface area contributed by atoms with E-state index in [1.165, 1.54) is 27.4 Å². The number of anilines is 1. The Labute approximate surface area is 425 Å². The van der Waals surface area contributed by atoms with Crippen LogP contribution in [0.15, 0.2) is 29.8 Å². The Bertz CT molecular complexity index is 2870. The molecule has 72 heavy (non-hydrogen) atoms. The van der Waals surface area contributed by atoms with Gasteiger partial charge in [-0.25, -0.2) is 10.4 Å². The van der Waals surface area contributed by atoms with Crippen LogP contribution < -0.4 is 15.6 Å². The molecule has 6 aliphatic heterocycles. The Hall–Kier alpha value is -5.87. The van der Waals surface area contributed by atoms with Crippen molar-refractivity contribution in [3.8, 4) is 34.4 Å². The summed E-state index contributed by atoms with van der Waals surface area (Å²) < 4.78 is 20.4. The number of aromatic nitrogens is 3. The van der Waals surface area contributed by atoms with Gasteiger partial charge in [0.1, 0.15) is 18.1 Å². The Morgan fingerprint density at radius 3 is 2.57 bits per heavy atom. The highest BCUT2D eigenvalue weighted by Gasteiger charge is 2.58. The lowest BCUT2D eigenvalue weighted by atomic mass is 9.78. The number of benzene rings is 1. The highest BCUT2D eigenvalue weighted by Crippen LogP contribution is 2.46. The molecule has 382 valence electrons. The summed E-state index contributed by atoms with van der Waals surface area (Å²) in [6.45, 7) is 16.7. The molecule has 4 amide bonds. The zero-order valence-corrected chi connectivity index (χ0v) is 43.4. The molecule has 1 spiro atoms. The number of carbonyl (C=O) groups excluding carboxylic acids is 5. The van der Waals surface area contributed by atoms with Gasteiger partial charge >= 0.3 is 5.97 Å². The average molecular weight is 1000 g/mol. The fraction of sp³-hybridized carbons (Fsp3) is 0.574. The second-order valence-corrected chi connectivity index (χ2v) is 22.6. The number of hydrogen-bond donors (Lipinski definition) is 2. The first-order valence-electron chi connectivity index (χ1n) is 25.6. The molecule has 9 heterocycles. The predicted octanol–water partition coefficient (Wildman–Crippen LogP) is 5.07. The second-order valence-electron chi connectivity index (χ2n) is 21.6. The SMILES string of the molecule is CC#CC(=O)N1CC2(CCN([C@H](C(=O)N[C@H]3Cc4nc(cs4)-c4cc5c6c(c4)c(c(-c4cc(N7CCOCC7)cnc4[C@H](C)OC)n6CCC5)CC(C)(C)COC(=O)[C@@H]4CCCN(N4)C3=O)C(C)C)C2=O)C1. The number of ether oxygens (including phenoxy) is 3. The van der Waals surface area contributed by atoms with Crippen molar-refractivity contribution in [1.29, 1.82) is 0 Å². The summed E-state index contributed by atoms with van der Waals surface area (Å²) in [5.41, 5.74) is 11.2. The summed E-state index contributed by atoms with van der Waals surface area (Å²) in [6.07, 6.45) is 5.67. The van der Waals surface area contributed by atoms with Crippen LogP contribution in [-0.4, -0.2) is 143 Å². The number of amides is 4. The van der Waals surface area contributed by atoms with Crippen molar-refractivity contribution in [2.75, 3.05) is 71.1 Å². The molecular weight excluding hydrogens is 935 g/mol. The number of cyclic esters (lactones) is 1. The zero-order valence-electron chi connectivity index (χ0n) is 42.6. The number of nitrogens with zero attached hydrogens (tertiary/aromatic N) is 7. The zero-order chi connectivity index (χ0) is 50.6. The fourth-order valence-corrected chi connectivity index (χ4v) is 12.7. The standard InChI is InChI=1S/C54H67N9O8S/c1-8-11-44(64)60-29-54(30-60)14-17-62(52(54)68)46(32(2)3)49(65)57-41-25-43-56-42(28-72-43)35-22-34-12-9-15-61-47(34)37(23-35)39(26-53(5,6)31-71-51(67)40-13-10-16-63(58-40)50(41)66)48(61)38-24-36(59-18-20-70-21-19-59)27-55-45(38)33(4)69-7/h22-24,27-28,32-33,40-41,46,58H,9-10,12-21,25-26,29-31H2,1-7H3,(H,57,65)/t33-,40-,41-,46-/m0/s1. The maximum absolute atomic E-state index is 14.8. The Balaban J connectivity index is 1.03. The Kier molecular flexibility index (Phi) is 13.7. The fourth-order valence-electron chi connectivity index (χ4n) is 11.8. The molecule has 0 radical (unpaired) electrons. The van der Waals surface area contributed by atoms with Gasteiger partial charge in [-0.3, -0.25) is 34.0 Å². The van der Waals surface area contributed by atoms with Crippen LogP contribution in [0.4, 0.5) is 5.69 Å². The van der Waals surface area contributed by atoms with Gasteiger partial charge < -0.3 is 38.8 Å². The van der Waals surface area contributed by atoms with Gasteiger partial charge in [0.15, 0.2) is 0 Å². The third-order valence-electron chi connectivity index (χ3n) is 15.6. The number of carbonyl (C=O) groups is 5. The minimum atomic E-state index is -1.08. The maximum Gasteiger partial charge on any atom is 0.324 e. The molecule has 2 N–H and O–H groups in total. The van der Waals surface area contributed by atoms with E-state index in [1.54, 1.807) is 23.8 Å². The van der Waals surface area contributed by atoms with E-state index < -0.39 is 46.7 Å². The number of aryl methyl sites for hydroxylation is 2. The van der Waals surface area contributed by atoms with Gasteiger partial charge in [-0.15, -0.1) is 11.3 Å². The van der Waals surface area contributed by atoms with E-state index in [1.807, 2.05) is 32.3 Å². The molecule has 4 saturated heterocycles. The van der Waals surface area contributed by atoms with Crippen molar-refractivity contribution >= 4 is 57.5 Å². The van der Waals surface area contributed by atoms with E-state index >= 15 is 0 Å². The van der Waals surface area contributed by atoms with Crippen molar-refractivity contribution in [2.24, 2.45) is 16.7 Å². The van der Waals surface area contributed by atoms with Crippen LogP contribution in [0.3, 0.4) is 0 Å². The number of likely N-dealkylation sites (tertiary alicyclic amines) is 2. The van der Waals surface area contributed by atoms with Gasteiger partial charge in [0.25, 0.3) is 11.8 Å². The topological polar surface area (TPSA) is 181 Å². The van der Waals surface area contributed by atoms with E-state index in [-0.39, 0.29) is 50.0 Å². The summed E-state index contributed by atoms with van der Waals surface area (Å²) in [5, 5.41) is 8.32. The highest BCUT2D eigenvalue weighted by atomic mass is 32.1. The molecule has 17 nitrogen and oxygen atoms in total. The number of thiazole rings is 1. The number of nitrogens with one attached hydrogen (secondary N) is 2. The van der Waals surface area contributed by atoms with Crippen molar-refractivity contribution in [3.63, 3.8) is 0 Å². The number of fused-ring (bicyclic) bond motifs is 6. The molecule has 4 fully saturated rings. The van der Waals surface area contributed by atoms with Crippen molar-refractivity contribution in [3.05, 3.63) is 51.6 Å². The molecule has 4 aromatic rings. The molecule has 1 aromatic carbocycles. The van der Waals surface area contributed by atoms with E-state index in [0.717, 1.165) is 77.3 Å². The Morgan fingerprint density at radius 1 is 1.03 bits per heavy atom. The quantitative estimate of drug-likeness (QED) is 0.177. The minimum Gasteiger partial charge on any atom is -0.464 e. The predicted molar refractivity (Wildman–Crippen MR) is 272 cm³/mol. The van der Waals surface area contributed by atoms with Crippen LogP contribution in [0.5, 0.6) is 0 Å². The first kappa shape index (κ1) is 49.7. The largest absolute Gasteiger partial charge is 0.464 e. The van der Waals surface area contributed by atoms with Crippen LogP contribution in [-0.2, 0) is 64.0 Å². The molecule has 18 heteroatoms. The van der Waals surface area contributed by atoms with Gasteiger partial charge in [0, 0.05) is 86.7 Å². The van der Waals surface area contributed by atoms with Crippen LogP contribution >= 0.6 is 11.3 Å². The molecular formula is C54H67N9O8S. The second kappa shape index (κ2) is 19.9. The number of morpholine rings is 1. The van der Waals surface area contributed by atoms with Gasteiger partial charge in [-0.2, -0.15) is 0 Å². The molecule has 3 aromatic heterocycles. The number of rotatable bonds is 8. The molecule has 0 saturated carbocycles. The molecule has 6 bridgehead atoms. The molecule has 0 unspecified atom stereocenters. The third-order valence-corrected chi connectivity index (χ3v) is 16.4. The summed E-state index contributed by atoms with van der Waals surface area (Å²) in [7, 11) is 1.72. The smallest absolute Gasteiger partial charge is 0.324 e.